The Morgan fingerprint density at radius 1 is 1.27 bits per heavy atom. The smallest absolute Gasteiger partial charge is 0.338 e. The molecule has 0 bridgehead atoms. The number of nitrogens with one attached hydrogen (secondary N) is 1. The standard InChI is InChI=1S/C15H16F4N2O/c16-12-2-1-9(7-11(12)15(17,18)19)14(22)21-6-4-13-10(8-21)3-5-20-13/h1-2,7,10,13,20H,3-6,8H2. The van der Waals surface area contributed by atoms with Crippen LogP contribution < -0.4 is 5.32 Å². The van der Waals surface area contributed by atoms with E-state index < -0.39 is 23.5 Å². The normalized spacial score (nSPS) is 25.2. The van der Waals surface area contributed by atoms with Gasteiger partial charge in [-0.1, -0.05) is 0 Å². The number of rotatable bonds is 1. The predicted octanol–water partition coefficient (Wildman–Crippen LogP) is 2.67. The molecule has 0 aliphatic carbocycles. The van der Waals surface area contributed by atoms with Crippen molar-refractivity contribution >= 4 is 5.91 Å². The van der Waals surface area contributed by atoms with E-state index in [9.17, 15) is 22.4 Å². The highest BCUT2D eigenvalue weighted by molar-refractivity contribution is 5.94. The van der Waals surface area contributed by atoms with Gasteiger partial charge in [-0.05, 0) is 43.5 Å². The highest BCUT2D eigenvalue weighted by atomic mass is 19.4. The van der Waals surface area contributed by atoms with Crippen molar-refractivity contribution in [3.05, 3.63) is 35.1 Å². The molecule has 0 aromatic heterocycles. The molecule has 3 nitrogen and oxygen atoms in total. The lowest BCUT2D eigenvalue weighted by Crippen LogP contribution is -2.46. The average Bonchev–Trinajstić information content (AvgIpc) is 2.93. The van der Waals surface area contributed by atoms with Crippen molar-refractivity contribution < 1.29 is 22.4 Å². The molecule has 1 N–H and O–H groups in total. The van der Waals surface area contributed by atoms with Gasteiger partial charge in [-0.3, -0.25) is 4.79 Å². The molecule has 1 amide bonds. The van der Waals surface area contributed by atoms with Crippen molar-refractivity contribution in [3.63, 3.8) is 0 Å². The van der Waals surface area contributed by atoms with Gasteiger partial charge in [0.05, 0.1) is 5.56 Å². The minimum atomic E-state index is -4.80. The van der Waals surface area contributed by atoms with E-state index in [-0.39, 0.29) is 5.56 Å². The minimum absolute atomic E-state index is 0.113. The van der Waals surface area contributed by atoms with Crippen LogP contribution in [-0.4, -0.2) is 36.5 Å². The molecule has 3 rings (SSSR count). The zero-order valence-electron chi connectivity index (χ0n) is 11.8. The molecule has 22 heavy (non-hydrogen) atoms. The van der Waals surface area contributed by atoms with E-state index in [1.54, 1.807) is 4.90 Å². The second-order valence-corrected chi connectivity index (χ2v) is 5.84. The fraction of sp³-hybridized carbons (Fsp3) is 0.533. The lowest BCUT2D eigenvalue weighted by molar-refractivity contribution is -0.140. The van der Waals surface area contributed by atoms with Gasteiger partial charge in [0.2, 0.25) is 0 Å². The molecule has 0 radical (unpaired) electrons. The van der Waals surface area contributed by atoms with Gasteiger partial charge < -0.3 is 10.2 Å². The summed E-state index contributed by atoms with van der Waals surface area (Å²) in [5.41, 5.74) is -1.51. The van der Waals surface area contributed by atoms with Crippen molar-refractivity contribution in [2.45, 2.75) is 25.1 Å². The second kappa shape index (κ2) is 5.53. The summed E-state index contributed by atoms with van der Waals surface area (Å²) in [6.45, 7) is 1.95. The largest absolute Gasteiger partial charge is 0.419 e. The Morgan fingerprint density at radius 3 is 2.77 bits per heavy atom. The lowest BCUT2D eigenvalue weighted by atomic mass is 9.93. The van der Waals surface area contributed by atoms with Crippen molar-refractivity contribution in [2.75, 3.05) is 19.6 Å². The summed E-state index contributed by atoms with van der Waals surface area (Å²) in [7, 11) is 0. The van der Waals surface area contributed by atoms with Crippen LogP contribution >= 0.6 is 0 Å². The minimum Gasteiger partial charge on any atom is -0.338 e. The monoisotopic (exact) mass is 316 g/mol. The number of halogens is 4. The highest BCUT2D eigenvalue weighted by Gasteiger charge is 2.37. The highest BCUT2D eigenvalue weighted by Crippen LogP contribution is 2.32. The fourth-order valence-corrected chi connectivity index (χ4v) is 3.29. The molecule has 2 saturated heterocycles. The molecular formula is C15H16F4N2O. The first-order valence-electron chi connectivity index (χ1n) is 7.25. The fourth-order valence-electron chi connectivity index (χ4n) is 3.29. The summed E-state index contributed by atoms with van der Waals surface area (Å²) in [4.78, 5) is 14.0. The van der Waals surface area contributed by atoms with E-state index in [1.165, 1.54) is 0 Å². The van der Waals surface area contributed by atoms with Crippen LogP contribution in [-0.2, 0) is 6.18 Å². The Bertz CT molecular complexity index is 587. The van der Waals surface area contributed by atoms with Gasteiger partial charge in [0.25, 0.3) is 5.91 Å². The molecule has 7 heteroatoms. The molecule has 2 atom stereocenters. The Balaban J connectivity index is 1.80. The van der Waals surface area contributed by atoms with E-state index in [0.29, 0.717) is 37.2 Å². The topological polar surface area (TPSA) is 32.3 Å². The van der Waals surface area contributed by atoms with Gasteiger partial charge in [-0.2, -0.15) is 13.2 Å². The number of hydrogen-bond acceptors (Lipinski definition) is 2. The van der Waals surface area contributed by atoms with E-state index in [4.69, 9.17) is 0 Å². The summed E-state index contributed by atoms with van der Waals surface area (Å²) in [5.74, 6) is -1.47. The molecular weight excluding hydrogens is 300 g/mol. The molecule has 2 aliphatic heterocycles. The summed E-state index contributed by atoms with van der Waals surface area (Å²) >= 11 is 0. The quantitative estimate of drug-likeness (QED) is 0.808. The second-order valence-electron chi connectivity index (χ2n) is 5.84. The maximum absolute atomic E-state index is 13.3. The first-order chi connectivity index (χ1) is 10.4. The summed E-state index contributed by atoms with van der Waals surface area (Å²) in [5, 5.41) is 3.36. The van der Waals surface area contributed by atoms with Crippen LogP contribution in [0.2, 0.25) is 0 Å². The van der Waals surface area contributed by atoms with Crippen LogP contribution in [0.3, 0.4) is 0 Å². The van der Waals surface area contributed by atoms with Crippen LogP contribution in [0.5, 0.6) is 0 Å². The number of carbonyl (C=O) groups is 1. The molecule has 2 unspecified atom stereocenters. The van der Waals surface area contributed by atoms with Gasteiger partial charge in [-0.15, -0.1) is 0 Å². The third kappa shape index (κ3) is 2.82. The van der Waals surface area contributed by atoms with Gasteiger partial charge in [0, 0.05) is 24.7 Å². The molecule has 1 aromatic rings. The van der Waals surface area contributed by atoms with Crippen molar-refractivity contribution in [3.8, 4) is 0 Å². The summed E-state index contributed by atoms with van der Waals surface area (Å²) < 4.78 is 51.5. The van der Waals surface area contributed by atoms with Crippen LogP contribution in [0.25, 0.3) is 0 Å². The van der Waals surface area contributed by atoms with Crippen molar-refractivity contribution in [1.82, 2.24) is 10.2 Å². The molecule has 0 saturated carbocycles. The maximum Gasteiger partial charge on any atom is 0.419 e. The number of amides is 1. The summed E-state index contributed by atoms with van der Waals surface area (Å²) in [6, 6.07) is 2.82. The number of carbonyl (C=O) groups excluding carboxylic acids is 1. The Labute approximate surface area is 125 Å². The number of likely N-dealkylation sites (tertiary alicyclic amines) is 1. The van der Waals surface area contributed by atoms with Crippen LogP contribution in [0.1, 0.15) is 28.8 Å². The van der Waals surface area contributed by atoms with E-state index >= 15 is 0 Å². The number of benzene rings is 1. The van der Waals surface area contributed by atoms with Gasteiger partial charge in [-0.25, -0.2) is 4.39 Å². The van der Waals surface area contributed by atoms with E-state index in [1.807, 2.05) is 0 Å². The van der Waals surface area contributed by atoms with Crippen LogP contribution in [0.15, 0.2) is 18.2 Å². The Kier molecular flexibility index (Phi) is 3.84. The van der Waals surface area contributed by atoms with Crippen LogP contribution in [0, 0.1) is 11.7 Å². The molecule has 1 aromatic carbocycles. The zero-order chi connectivity index (χ0) is 15.9. The average molecular weight is 316 g/mol. The summed E-state index contributed by atoms with van der Waals surface area (Å²) in [6.07, 6.45) is -3.04. The number of fused-ring (bicyclic) bond motifs is 1. The number of nitrogens with zero attached hydrogens (tertiary/aromatic N) is 1. The molecule has 120 valence electrons. The Morgan fingerprint density at radius 2 is 2.05 bits per heavy atom. The predicted molar refractivity (Wildman–Crippen MR) is 71.8 cm³/mol. The maximum atomic E-state index is 13.3. The SMILES string of the molecule is O=C(c1ccc(F)c(C(F)(F)F)c1)N1CCC2NCCC2C1. The number of hydrogen-bond donors (Lipinski definition) is 1. The van der Waals surface area contributed by atoms with E-state index in [0.717, 1.165) is 25.5 Å². The first kappa shape index (κ1) is 15.3. The number of alkyl halides is 3. The van der Waals surface area contributed by atoms with Gasteiger partial charge in [0.15, 0.2) is 0 Å². The third-order valence-corrected chi connectivity index (χ3v) is 4.46. The van der Waals surface area contributed by atoms with Crippen LogP contribution in [0.4, 0.5) is 17.6 Å². The Hall–Kier alpha value is -1.63. The first-order valence-corrected chi connectivity index (χ1v) is 7.25. The van der Waals surface area contributed by atoms with E-state index in [2.05, 4.69) is 5.32 Å². The lowest BCUT2D eigenvalue weighted by Gasteiger charge is -2.35. The third-order valence-electron chi connectivity index (χ3n) is 4.46. The molecule has 2 fully saturated rings. The van der Waals surface area contributed by atoms with Gasteiger partial charge in [0.1, 0.15) is 5.82 Å². The van der Waals surface area contributed by atoms with Crippen molar-refractivity contribution in [2.24, 2.45) is 5.92 Å². The van der Waals surface area contributed by atoms with Gasteiger partial charge >= 0.3 is 6.18 Å². The number of piperidine rings is 1. The zero-order valence-corrected chi connectivity index (χ0v) is 11.8. The van der Waals surface area contributed by atoms with Crippen molar-refractivity contribution in [1.29, 1.82) is 0 Å². The molecule has 2 heterocycles. The molecule has 2 aliphatic rings. The molecule has 0 spiro atoms.